The Labute approximate surface area is 196 Å². The lowest BCUT2D eigenvalue weighted by Crippen LogP contribution is -2.42. The first-order valence-corrected chi connectivity index (χ1v) is 11.4. The van der Waals surface area contributed by atoms with Crippen LogP contribution in [-0.2, 0) is 6.42 Å². The Hall–Kier alpha value is -2.78. The predicted molar refractivity (Wildman–Crippen MR) is 123 cm³/mol. The van der Waals surface area contributed by atoms with Crippen LogP contribution in [0.5, 0.6) is 11.5 Å². The lowest BCUT2D eigenvalue weighted by Gasteiger charge is -2.37. The van der Waals surface area contributed by atoms with Crippen LogP contribution in [-0.4, -0.2) is 62.6 Å². The fourth-order valence-corrected chi connectivity index (χ4v) is 4.62. The Morgan fingerprint density at radius 3 is 2.74 bits per heavy atom. The fourth-order valence-electron chi connectivity index (χ4n) is 4.62. The van der Waals surface area contributed by atoms with E-state index in [1.807, 2.05) is 24.3 Å². The van der Waals surface area contributed by atoms with Crippen molar-refractivity contribution in [3.05, 3.63) is 59.3 Å². The molecule has 0 aliphatic carbocycles. The summed E-state index contributed by atoms with van der Waals surface area (Å²) < 4.78 is 64.2. The maximum Gasteiger partial charge on any atom is 0.401 e. The van der Waals surface area contributed by atoms with Gasteiger partial charge in [0.2, 0.25) is 0 Å². The molecule has 1 aliphatic heterocycles. The minimum atomic E-state index is -4.34. The number of aromatic amines is 1. The molecular weight excluding hydrogens is 450 g/mol. The van der Waals surface area contributed by atoms with Crippen molar-refractivity contribution < 1.29 is 27.0 Å². The average molecular weight is 480 g/mol. The molecule has 2 aromatic carbocycles. The topological polar surface area (TPSA) is 49.5 Å². The maximum atomic E-state index is 13.5. The molecule has 1 atom stereocenters. The van der Waals surface area contributed by atoms with Crippen molar-refractivity contribution >= 4 is 10.9 Å². The first-order valence-electron chi connectivity index (χ1n) is 11.4. The first-order chi connectivity index (χ1) is 16.4. The molecule has 9 heteroatoms. The van der Waals surface area contributed by atoms with Crippen molar-refractivity contribution in [2.45, 2.75) is 25.1 Å². The van der Waals surface area contributed by atoms with E-state index in [1.165, 1.54) is 12.0 Å². The molecule has 1 aliphatic rings. The second-order valence-electron chi connectivity index (χ2n) is 8.35. The predicted octanol–water partition coefficient (Wildman–Crippen LogP) is 5.01. The summed E-state index contributed by atoms with van der Waals surface area (Å²) in [5.41, 5.74) is 3.30. The summed E-state index contributed by atoms with van der Waals surface area (Å²) in [7, 11) is 1.51. The largest absolute Gasteiger partial charge is 0.496 e. The Kier molecular flexibility index (Phi) is 7.63. The zero-order valence-corrected chi connectivity index (χ0v) is 19.1. The van der Waals surface area contributed by atoms with Crippen molar-refractivity contribution in [2.24, 2.45) is 0 Å². The van der Waals surface area contributed by atoms with Gasteiger partial charge in [-0.1, -0.05) is 18.2 Å². The van der Waals surface area contributed by atoms with Crippen LogP contribution in [0.3, 0.4) is 0 Å². The highest BCUT2D eigenvalue weighted by molar-refractivity contribution is 5.85. The molecule has 2 N–H and O–H groups in total. The number of nitrogens with one attached hydrogen (secondary N) is 2. The van der Waals surface area contributed by atoms with Gasteiger partial charge in [-0.2, -0.15) is 13.2 Å². The van der Waals surface area contributed by atoms with Crippen molar-refractivity contribution in [3.63, 3.8) is 0 Å². The lowest BCUT2D eigenvalue weighted by atomic mass is 9.91. The molecule has 184 valence electrons. The summed E-state index contributed by atoms with van der Waals surface area (Å²) in [5, 5.41) is 4.12. The van der Waals surface area contributed by atoms with Crippen molar-refractivity contribution in [1.82, 2.24) is 15.2 Å². The van der Waals surface area contributed by atoms with Gasteiger partial charge >= 0.3 is 6.18 Å². The number of para-hydroxylation sites is 1. The number of rotatable bonds is 10. The van der Waals surface area contributed by atoms with E-state index in [4.69, 9.17) is 9.47 Å². The smallest absolute Gasteiger partial charge is 0.401 e. The molecule has 0 saturated heterocycles. The zero-order chi connectivity index (χ0) is 24.1. The van der Waals surface area contributed by atoms with Crippen LogP contribution in [0.1, 0.15) is 29.3 Å². The normalized spacial score (nSPS) is 16.6. The molecule has 3 aromatic rings. The van der Waals surface area contributed by atoms with Gasteiger partial charge in [-0.05, 0) is 49.2 Å². The van der Waals surface area contributed by atoms with Crippen LogP contribution in [0.4, 0.5) is 17.6 Å². The average Bonchev–Trinajstić information content (AvgIpc) is 3.18. The number of nitrogens with zero attached hydrogens (tertiary/aromatic N) is 1. The number of alkyl halides is 4. The SMILES string of the molecule is COc1ccc(OCCNCCCF)cc1[C@@H]1c2[nH]c3ccccc3c2CCN1CC(F)(F)F. The number of hydrogen-bond donors (Lipinski definition) is 2. The summed E-state index contributed by atoms with van der Waals surface area (Å²) in [6, 6.07) is 12.3. The molecule has 0 radical (unpaired) electrons. The van der Waals surface area contributed by atoms with Gasteiger partial charge in [-0.25, -0.2) is 0 Å². The summed E-state index contributed by atoms with van der Waals surface area (Å²) >= 11 is 0. The Morgan fingerprint density at radius 2 is 1.97 bits per heavy atom. The van der Waals surface area contributed by atoms with Crippen LogP contribution >= 0.6 is 0 Å². The fraction of sp³-hybridized carbons (Fsp3) is 0.440. The second kappa shape index (κ2) is 10.7. The van der Waals surface area contributed by atoms with Crippen LogP contribution < -0.4 is 14.8 Å². The summed E-state index contributed by atoms with van der Waals surface area (Å²) in [6.07, 6.45) is -3.38. The minimum Gasteiger partial charge on any atom is -0.496 e. The first kappa shape index (κ1) is 24.3. The quantitative estimate of drug-likeness (QED) is 0.317. The van der Waals surface area contributed by atoms with Crippen LogP contribution in [0, 0.1) is 0 Å². The van der Waals surface area contributed by atoms with Gasteiger partial charge in [0.25, 0.3) is 0 Å². The van der Waals surface area contributed by atoms with Gasteiger partial charge in [0.15, 0.2) is 0 Å². The molecule has 5 nitrogen and oxygen atoms in total. The minimum absolute atomic E-state index is 0.270. The van der Waals surface area contributed by atoms with Crippen LogP contribution in [0.15, 0.2) is 42.5 Å². The van der Waals surface area contributed by atoms with Gasteiger partial charge in [0.1, 0.15) is 18.1 Å². The molecule has 0 fully saturated rings. The highest BCUT2D eigenvalue weighted by atomic mass is 19.4. The number of benzene rings is 2. The van der Waals surface area contributed by atoms with Gasteiger partial charge in [-0.3, -0.25) is 9.29 Å². The number of H-pyrrole nitrogens is 1. The summed E-state index contributed by atoms with van der Waals surface area (Å²) in [5.74, 6) is 1.04. The molecule has 0 unspecified atom stereocenters. The Balaban J connectivity index is 1.68. The molecule has 0 saturated carbocycles. The number of aromatic nitrogens is 1. The molecule has 0 spiro atoms. The maximum absolute atomic E-state index is 13.5. The van der Waals surface area contributed by atoms with E-state index in [9.17, 15) is 17.6 Å². The zero-order valence-electron chi connectivity index (χ0n) is 19.1. The van der Waals surface area contributed by atoms with E-state index in [2.05, 4.69) is 10.3 Å². The van der Waals surface area contributed by atoms with E-state index >= 15 is 0 Å². The van der Waals surface area contributed by atoms with E-state index < -0.39 is 18.8 Å². The van der Waals surface area contributed by atoms with Crippen molar-refractivity contribution in [1.29, 1.82) is 0 Å². The lowest BCUT2D eigenvalue weighted by molar-refractivity contribution is -0.150. The summed E-state index contributed by atoms with van der Waals surface area (Å²) in [6.45, 7) is 0.321. The van der Waals surface area contributed by atoms with E-state index in [-0.39, 0.29) is 13.2 Å². The van der Waals surface area contributed by atoms with E-state index in [1.54, 1.807) is 18.2 Å². The summed E-state index contributed by atoms with van der Waals surface area (Å²) in [4.78, 5) is 4.82. The van der Waals surface area contributed by atoms with Gasteiger partial charge < -0.3 is 19.8 Å². The van der Waals surface area contributed by atoms with Crippen LogP contribution in [0.25, 0.3) is 10.9 Å². The molecule has 4 rings (SSSR count). The highest BCUT2D eigenvalue weighted by Crippen LogP contribution is 2.43. The number of methoxy groups -OCH3 is 1. The number of hydrogen-bond acceptors (Lipinski definition) is 4. The molecule has 0 bridgehead atoms. The third-order valence-corrected chi connectivity index (χ3v) is 6.05. The molecule has 1 aromatic heterocycles. The van der Waals surface area contributed by atoms with Gasteiger partial charge in [-0.15, -0.1) is 0 Å². The monoisotopic (exact) mass is 479 g/mol. The molecule has 0 amide bonds. The third-order valence-electron chi connectivity index (χ3n) is 6.05. The van der Waals surface area contributed by atoms with E-state index in [0.29, 0.717) is 49.6 Å². The Bertz CT molecular complexity index is 1100. The standard InChI is InChI=1S/C25H29F4N3O2/c1-33-22-8-7-17(34-14-12-30-11-4-10-26)15-20(22)24-23-19(9-13-32(24)16-25(27,28)29)18-5-2-3-6-21(18)31-23/h2-3,5-8,15,24,30-31H,4,9-14,16H2,1H3/t24-/m1/s1. The number of fused-ring (bicyclic) bond motifs is 3. The molecule has 2 heterocycles. The third kappa shape index (κ3) is 5.47. The number of ether oxygens (including phenoxy) is 2. The van der Waals surface area contributed by atoms with Crippen molar-refractivity contribution in [2.75, 3.05) is 46.6 Å². The second-order valence-corrected chi connectivity index (χ2v) is 8.35. The molecular formula is C25H29F4N3O2. The van der Waals surface area contributed by atoms with Crippen molar-refractivity contribution in [3.8, 4) is 11.5 Å². The number of halogens is 4. The van der Waals surface area contributed by atoms with Gasteiger partial charge in [0.05, 0.1) is 26.4 Å². The highest BCUT2D eigenvalue weighted by Gasteiger charge is 2.40. The van der Waals surface area contributed by atoms with Gasteiger partial charge in [0, 0.05) is 35.2 Å². The molecule has 34 heavy (non-hydrogen) atoms. The Morgan fingerprint density at radius 1 is 1.15 bits per heavy atom. The van der Waals surface area contributed by atoms with Crippen LogP contribution in [0.2, 0.25) is 0 Å². The van der Waals surface area contributed by atoms with E-state index in [0.717, 1.165) is 22.2 Å².